The van der Waals surface area contributed by atoms with E-state index in [1.807, 2.05) is 13.8 Å². The molecule has 0 aliphatic rings. The molecular formula is C11H15BrFNO. The Labute approximate surface area is 97.7 Å². The third-order valence-electron chi connectivity index (χ3n) is 1.97. The molecule has 0 bridgehead atoms. The lowest BCUT2D eigenvalue weighted by atomic mass is 10.1. The highest BCUT2D eigenvalue weighted by Crippen LogP contribution is 2.23. The maximum atomic E-state index is 13.0. The van der Waals surface area contributed by atoms with Crippen LogP contribution < -0.4 is 5.73 Å². The zero-order chi connectivity index (χ0) is 11.4. The van der Waals surface area contributed by atoms with Crippen molar-refractivity contribution in [2.45, 2.75) is 26.0 Å². The summed E-state index contributed by atoms with van der Waals surface area (Å²) in [5, 5.41) is 0. The van der Waals surface area contributed by atoms with Crippen molar-refractivity contribution in [3.05, 3.63) is 34.1 Å². The van der Waals surface area contributed by atoms with E-state index in [1.54, 1.807) is 6.07 Å². The number of halogens is 2. The molecule has 0 saturated carbocycles. The molecule has 1 unspecified atom stereocenters. The second kappa shape index (κ2) is 5.58. The summed E-state index contributed by atoms with van der Waals surface area (Å²) in [7, 11) is 0. The predicted octanol–water partition coefficient (Wildman–Crippen LogP) is 3.01. The highest BCUT2D eigenvalue weighted by molar-refractivity contribution is 9.10. The van der Waals surface area contributed by atoms with Gasteiger partial charge < -0.3 is 10.5 Å². The van der Waals surface area contributed by atoms with Crippen LogP contribution in [0.2, 0.25) is 0 Å². The van der Waals surface area contributed by atoms with E-state index in [1.165, 1.54) is 12.1 Å². The normalized spacial score (nSPS) is 13.2. The predicted molar refractivity (Wildman–Crippen MR) is 62.1 cm³/mol. The van der Waals surface area contributed by atoms with Crippen LogP contribution in [0.5, 0.6) is 0 Å². The van der Waals surface area contributed by atoms with Crippen molar-refractivity contribution >= 4 is 15.9 Å². The van der Waals surface area contributed by atoms with E-state index in [2.05, 4.69) is 15.9 Å². The molecule has 0 saturated heterocycles. The molecule has 0 amide bonds. The number of hydrogen-bond acceptors (Lipinski definition) is 2. The first kappa shape index (κ1) is 12.6. The van der Waals surface area contributed by atoms with Gasteiger partial charge in [0.2, 0.25) is 0 Å². The van der Waals surface area contributed by atoms with E-state index >= 15 is 0 Å². The van der Waals surface area contributed by atoms with E-state index in [9.17, 15) is 4.39 Å². The first-order valence-electron chi connectivity index (χ1n) is 4.83. The number of benzene rings is 1. The van der Waals surface area contributed by atoms with Crippen LogP contribution in [0.1, 0.15) is 25.5 Å². The lowest BCUT2D eigenvalue weighted by molar-refractivity contribution is 0.0681. The van der Waals surface area contributed by atoms with Crippen molar-refractivity contribution in [3.63, 3.8) is 0 Å². The summed E-state index contributed by atoms with van der Waals surface area (Å²) in [5.74, 6) is -0.284. The fourth-order valence-corrected chi connectivity index (χ4v) is 1.73. The molecule has 84 valence electrons. The minimum Gasteiger partial charge on any atom is -0.377 e. The van der Waals surface area contributed by atoms with Gasteiger partial charge in [0, 0.05) is 4.47 Å². The van der Waals surface area contributed by atoms with Crippen LogP contribution in [0, 0.1) is 5.82 Å². The van der Waals surface area contributed by atoms with Gasteiger partial charge >= 0.3 is 0 Å². The van der Waals surface area contributed by atoms with Crippen molar-refractivity contribution in [2.75, 3.05) is 6.61 Å². The number of ether oxygens (including phenoxy) is 1. The van der Waals surface area contributed by atoms with Crippen molar-refractivity contribution in [1.82, 2.24) is 0 Å². The molecule has 0 heterocycles. The molecular weight excluding hydrogens is 261 g/mol. The van der Waals surface area contributed by atoms with Crippen LogP contribution >= 0.6 is 15.9 Å². The average Bonchev–Trinajstić information content (AvgIpc) is 2.18. The monoisotopic (exact) mass is 275 g/mol. The highest BCUT2D eigenvalue weighted by Gasteiger charge is 2.11. The molecule has 2 N–H and O–H groups in total. The van der Waals surface area contributed by atoms with Crippen LogP contribution in [0.25, 0.3) is 0 Å². The van der Waals surface area contributed by atoms with Gasteiger partial charge in [-0.15, -0.1) is 0 Å². The Balaban J connectivity index is 2.72. The Morgan fingerprint density at radius 2 is 2.13 bits per heavy atom. The molecule has 0 aliphatic carbocycles. The first-order valence-corrected chi connectivity index (χ1v) is 5.62. The Morgan fingerprint density at radius 3 is 2.73 bits per heavy atom. The summed E-state index contributed by atoms with van der Waals surface area (Å²) in [5.41, 5.74) is 6.62. The zero-order valence-corrected chi connectivity index (χ0v) is 10.4. The summed E-state index contributed by atoms with van der Waals surface area (Å²) < 4.78 is 19.2. The van der Waals surface area contributed by atoms with Gasteiger partial charge in [-0.3, -0.25) is 0 Å². The van der Waals surface area contributed by atoms with Crippen molar-refractivity contribution in [2.24, 2.45) is 5.73 Å². The lowest BCUT2D eigenvalue weighted by Crippen LogP contribution is -2.20. The SMILES string of the molecule is CC(C)OCC(N)c1cc(F)ccc1Br. The standard InChI is InChI=1S/C11H15BrFNO/c1-7(2)15-6-11(14)9-5-8(13)3-4-10(9)12/h3-5,7,11H,6,14H2,1-2H3. The van der Waals surface area contributed by atoms with Crippen LogP contribution in [0.4, 0.5) is 4.39 Å². The fourth-order valence-electron chi connectivity index (χ4n) is 1.18. The minimum absolute atomic E-state index is 0.128. The van der Waals surface area contributed by atoms with Crippen LogP contribution in [0.15, 0.2) is 22.7 Å². The Bertz CT molecular complexity index is 330. The molecule has 0 aromatic heterocycles. The van der Waals surface area contributed by atoms with Gasteiger partial charge in [-0.05, 0) is 37.6 Å². The van der Waals surface area contributed by atoms with Gasteiger partial charge in [-0.25, -0.2) is 4.39 Å². The maximum Gasteiger partial charge on any atom is 0.123 e. The number of rotatable bonds is 4. The second-order valence-corrected chi connectivity index (χ2v) is 4.51. The molecule has 1 aromatic rings. The molecule has 1 aromatic carbocycles. The second-order valence-electron chi connectivity index (χ2n) is 3.65. The van der Waals surface area contributed by atoms with Gasteiger partial charge in [0.05, 0.1) is 18.8 Å². The molecule has 1 rings (SSSR count). The van der Waals surface area contributed by atoms with Gasteiger partial charge in [0.1, 0.15) is 5.82 Å². The average molecular weight is 276 g/mol. The highest BCUT2D eigenvalue weighted by atomic mass is 79.9. The molecule has 15 heavy (non-hydrogen) atoms. The number of nitrogens with two attached hydrogens (primary N) is 1. The summed E-state index contributed by atoms with van der Waals surface area (Å²) in [4.78, 5) is 0. The molecule has 0 fully saturated rings. The topological polar surface area (TPSA) is 35.2 Å². The Morgan fingerprint density at radius 1 is 1.47 bits per heavy atom. The van der Waals surface area contributed by atoms with E-state index in [0.717, 1.165) is 10.0 Å². The van der Waals surface area contributed by atoms with E-state index < -0.39 is 0 Å². The van der Waals surface area contributed by atoms with E-state index in [0.29, 0.717) is 6.61 Å². The van der Waals surface area contributed by atoms with Gasteiger partial charge in [0.25, 0.3) is 0 Å². The van der Waals surface area contributed by atoms with E-state index in [4.69, 9.17) is 10.5 Å². The van der Waals surface area contributed by atoms with Gasteiger partial charge in [-0.1, -0.05) is 15.9 Å². The molecule has 1 atom stereocenters. The van der Waals surface area contributed by atoms with Crippen LogP contribution in [-0.2, 0) is 4.74 Å². The van der Waals surface area contributed by atoms with Gasteiger partial charge in [-0.2, -0.15) is 0 Å². The molecule has 2 nitrogen and oxygen atoms in total. The molecule has 4 heteroatoms. The first-order chi connectivity index (χ1) is 7.00. The van der Waals surface area contributed by atoms with E-state index in [-0.39, 0.29) is 18.0 Å². The lowest BCUT2D eigenvalue weighted by Gasteiger charge is -2.16. The third kappa shape index (κ3) is 3.89. The summed E-state index contributed by atoms with van der Waals surface area (Å²) in [6.07, 6.45) is 0.128. The summed E-state index contributed by atoms with van der Waals surface area (Å²) >= 11 is 3.34. The molecule has 0 spiro atoms. The summed E-state index contributed by atoms with van der Waals surface area (Å²) in [6, 6.07) is 4.17. The Kier molecular flexibility index (Phi) is 4.70. The molecule has 0 radical (unpaired) electrons. The Hall–Kier alpha value is -0.450. The zero-order valence-electron chi connectivity index (χ0n) is 8.84. The smallest absolute Gasteiger partial charge is 0.123 e. The van der Waals surface area contributed by atoms with Gasteiger partial charge in [0.15, 0.2) is 0 Å². The van der Waals surface area contributed by atoms with Crippen LogP contribution in [-0.4, -0.2) is 12.7 Å². The quantitative estimate of drug-likeness (QED) is 0.917. The fraction of sp³-hybridized carbons (Fsp3) is 0.455. The van der Waals surface area contributed by atoms with Crippen molar-refractivity contribution < 1.29 is 9.13 Å². The summed E-state index contributed by atoms with van der Waals surface area (Å²) in [6.45, 7) is 4.26. The van der Waals surface area contributed by atoms with Crippen molar-refractivity contribution in [1.29, 1.82) is 0 Å². The third-order valence-corrected chi connectivity index (χ3v) is 2.69. The number of hydrogen-bond donors (Lipinski definition) is 1. The molecule has 0 aliphatic heterocycles. The maximum absolute atomic E-state index is 13.0. The van der Waals surface area contributed by atoms with Crippen LogP contribution in [0.3, 0.4) is 0 Å². The minimum atomic E-state index is -0.308. The van der Waals surface area contributed by atoms with Crippen molar-refractivity contribution in [3.8, 4) is 0 Å². The largest absolute Gasteiger partial charge is 0.377 e.